The zero-order valence-corrected chi connectivity index (χ0v) is 13.5. The Hall–Kier alpha value is -2.70. The lowest BCUT2D eigenvalue weighted by molar-refractivity contribution is 0.247. The number of amides is 2. The molecule has 24 heavy (non-hydrogen) atoms. The molecule has 0 saturated heterocycles. The van der Waals surface area contributed by atoms with Gasteiger partial charge < -0.3 is 15.6 Å². The van der Waals surface area contributed by atoms with Crippen molar-refractivity contribution in [2.24, 2.45) is 0 Å². The summed E-state index contributed by atoms with van der Waals surface area (Å²) in [5.74, 6) is -1.37. The molecule has 1 aromatic carbocycles. The Balaban J connectivity index is 2.13. The second-order valence-corrected chi connectivity index (χ2v) is 5.51. The van der Waals surface area contributed by atoms with Gasteiger partial charge >= 0.3 is 6.03 Å². The van der Waals surface area contributed by atoms with E-state index >= 15 is 0 Å². The van der Waals surface area contributed by atoms with Crippen LogP contribution in [0.3, 0.4) is 0 Å². The first kappa shape index (κ1) is 17.7. The Labute approximate surface area is 138 Å². The number of benzene rings is 1. The van der Waals surface area contributed by atoms with Crippen molar-refractivity contribution >= 4 is 11.7 Å². The van der Waals surface area contributed by atoms with E-state index < -0.39 is 23.7 Å². The van der Waals surface area contributed by atoms with Crippen molar-refractivity contribution in [1.29, 1.82) is 0 Å². The van der Waals surface area contributed by atoms with Crippen LogP contribution in [0, 0.1) is 18.6 Å². The van der Waals surface area contributed by atoms with Crippen molar-refractivity contribution in [2.45, 2.75) is 32.7 Å². The monoisotopic (exact) mass is 335 g/mol. The Morgan fingerprint density at radius 2 is 2.04 bits per heavy atom. The van der Waals surface area contributed by atoms with E-state index in [1.54, 1.807) is 6.92 Å². The molecule has 2 aromatic rings. The Bertz CT molecular complexity index is 790. The van der Waals surface area contributed by atoms with Crippen molar-refractivity contribution in [2.75, 3.05) is 5.32 Å². The molecule has 1 atom stereocenters. The number of aryl methyl sites for hydroxylation is 1. The lowest BCUT2D eigenvalue weighted by Gasteiger charge is -2.19. The van der Waals surface area contributed by atoms with Crippen molar-refractivity contribution in [3.05, 3.63) is 63.6 Å². The molecule has 128 valence electrons. The summed E-state index contributed by atoms with van der Waals surface area (Å²) in [6.45, 7) is 3.52. The largest absolute Gasteiger partial charge is 0.331 e. The minimum Gasteiger partial charge on any atom is -0.331 e. The van der Waals surface area contributed by atoms with E-state index in [0.717, 1.165) is 12.1 Å². The normalized spacial score (nSPS) is 11.8. The van der Waals surface area contributed by atoms with E-state index in [4.69, 9.17) is 0 Å². The molecule has 0 aliphatic rings. The Morgan fingerprint density at radius 1 is 1.29 bits per heavy atom. The predicted molar refractivity (Wildman–Crippen MR) is 88.0 cm³/mol. The van der Waals surface area contributed by atoms with Gasteiger partial charge in [-0.05, 0) is 25.5 Å². The summed E-state index contributed by atoms with van der Waals surface area (Å²) in [6.07, 6.45) is 2.59. The summed E-state index contributed by atoms with van der Waals surface area (Å²) >= 11 is 0. The number of aromatic amines is 1. The molecule has 0 spiro atoms. The van der Waals surface area contributed by atoms with Crippen molar-refractivity contribution in [3.8, 4) is 0 Å². The van der Waals surface area contributed by atoms with Crippen LogP contribution in [0.1, 0.15) is 36.9 Å². The number of H-pyrrole nitrogens is 1. The lowest BCUT2D eigenvalue weighted by atomic mass is 10.0. The quantitative estimate of drug-likeness (QED) is 0.781. The lowest BCUT2D eigenvalue weighted by Crippen LogP contribution is -2.33. The van der Waals surface area contributed by atoms with Crippen LogP contribution >= 0.6 is 0 Å². The number of anilines is 1. The van der Waals surface area contributed by atoms with Crippen molar-refractivity contribution < 1.29 is 13.6 Å². The molecule has 0 fully saturated rings. The van der Waals surface area contributed by atoms with E-state index in [-0.39, 0.29) is 11.1 Å². The minimum absolute atomic E-state index is 0.228. The Kier molecular flexibility index (Phi) is 5.68. The third kappa shape index (κ3) is 4.41. The number of hydrogen-bond acceptors (Lipinski definition) is 2. The number of hydrogen-bond donors (Lipinski definition) is 3. The molecule has 0 unspecified atom stereocenters. The van der Waals surface area contributed by atoms with Gasteiger partial charge in [0, 0.05) is 23.4 Å². The molecule has 3 N–H and O–H groups in total. The highest BCUT2D eigenvalue weighted by Gasteiger charge is 2.18. The summed E-state index contributed by atoms with van der Waals surface area (Å²) in [5, 5.41) is 5.26. The second-order valence-electron chi connectivity index (χ2n) is 5.51. The molecule has 0 aliphatic carbocycles. The molecule has 0 bridgehead atoms. The van der Waals surface area contributed by atoms with Gasteiger partial charge in [-0.1, -0.05) is 19.4 Å². The highest BCUT2D eigenvalue weighted by molar-refractivity contribution is 5.89. The fourth-order valence-corrected chi connectivity index (χ4v) is 2.37. The van der Waals surface area contributed by atoms with E-state index in [0.29, 0.717) is 24.1 Å². The first-order valence-corrected chi connectivity index (χ1v) is 7.62. The number of nitrogens with one attached hydrogen (secondary N) is 3. The maximum absolute atomic E-state index is 13.9. The van der Waals surface area contributed by atoms with E-state index in [2.05, 4.69) is 15.6 Å². The summed E-state index contributed by atoms with van der Waals surface area (Å²) in [5.41, 5.74) is 0.867. The van der Waals surface area contributed by atoms with Gasteiger partial charge in [-0.25, -0.2) is 13.6 Å². The number of rotatable bonds is 5. The zero-order valence-electron chi connectivity index (χ0n) is 13.5. The van der Waals surface area contributed by atoms with Gasteiger partial charge in [0.25, 0.3) is 5.56 Å². The third-order valence-corrected chi connectivity index (χ3v) is 3.57. The van der Waals surface area contributed by atoms with Gasteiger partial charge in [0.1, 0.15) is 11.6 Å². The van der Waals surface area contributed by atoms with Gasteiger partial charge in [-0.2, -0.15) is 0 Å². The molecule has 2 rings (SSSR count). The highest BCUT2D eigenvalue weighted by atomic mass is 19.1. The fourth-order valence-electron chi connectivity index (χ4n) is 2.37. The van der Waals surface area contributed by atoms with Crippen LogP contribution in [0.25, 0.3) is 0 Å². The molecule has 7 heteroatoms. The molecule has 1 aromatic heterocycles. The molecule has 5 nitrogen and oxygen atoms in total. The molecule has 0 saturated carbocycles. The first-order chi connectivity index (χ1) is 11.4. The smallest absolute Gasteiger partial charge is 0.319 e. The van der Waals surface area contributed by atoms with Crippen molar-refractivity contribution in [1.82, 2.24) is 10.3 Å². The number of pyridine rings is 1. The minimum atomic E-state index is -0.700. The van der Waals surface area contributed by atoms with Crippen LogP contribution in [0.2, 0.25) is 0 Å². The second kappa shape index (κ2) is 7.72. The van der Waals surface area contributed by atoms with Gasteiger partial charge in [-0.3, -0.25) is 4.79 Å². The maximum Gasteiger partial charge on any atom is 0.319 e. The molecular formula is C17H19F2N3O2. The topological polar surface area (TPSA) is 74.0 Å². The number of carbonyl (C=O) groups excluding carboxylic acids is 1. The van der Waals surface area contributed by atoms with Gasteiger partial charge in [0.05, 0.1) is 11.7 Å². The summed E-state index contributed by atoms with van der Waals surface area (Å²) in [6, 6.07) is 3.69. The maximum atomic E-state index is 13.9. The third-order valence-electron chi connectivity index (χ3n) is 3.57. The van der Waals surface area contributed by atoms with E-state index in [1.807, 2.05) is 6.92 Å². The SMILES string of the molecule is CCC[C@H](NC(=O)Nc1c[nH]c(=O)c(C)c1)c1ccc(F)cc1F. The number of urea groups is 1. The predicted octanol–water partition coefficient (Wildman–Crippen LogP) is 3.62. The van der Waals surface area contributed by atoms with Crippen LogP contribution < -0.4 is 16.2 Å². The Morgan fingerprint density at radius 3 is 2.67 bits per heavy atom. The average molecular weight is 335 g/mol. The van der Waals surface area contributed by atoms with E-state index in [1.165, 1.54) is 18.3 Å². The van der Waals surface area contributed by atoms with E-state index in [9.17, 15) is 18.4 Å². The molecule has 1 heterocycles. The highest BCUT2D eigenvalue weighted by Crippen LogP contribution is 2.22. The number of halogens is 2. The average Bonchev–Trinajstić information content (AvgIpc) is 2.50. The summed E-state index contributed by atoms with van der Waals surface area (Å²) in [7, 11) is 0. The summed E-state index contributed by atoms with van der Waals surface area (Å²) in [4.78, 5) is 25.9. The van der Waals surface area contributed by atoms with Crippen molar-refractivity contribution in [3.63, 3.8) is 0 Å². The molecule has 2 amide bonds. The molecule has 0 aliphatic heterocycles. The molecule has 0 radical (unpaired) electrons. The van der Waals surface area contributed by atoms with Gasteiger partial charge in [-0.15, -0.1) is 0 Å². The first-order valence-electron chi connectivity index (χ1n) is 7.62. The van der Waals surface area contributed by atoms with Crippen LogP contribution in [0.5, 0.6) is 0 Å². The summed E-state index contributed by atoms with van der Waals surface area (Å²) < 4.78 is 27.0. The number of aromatic nitrogens is 1. The van der Waals surface area contributed by atoms with Crippen LogP contribution in [0.4, 0.5) is 19.3 Å². The fraction of sp³-hybridized carbons (Fsp3) is 0.294. The van der Waals surface area contributed by atoms with Crippen LogP contribution in [-0.2, 0) is 0 Å². The number of carbonyl (C=O) groups is 1. The zero-order chi connectivity index (χ0) is 17.7. The van der Waals surface area contributed by atoms with Crippen LogP contribution in [0.15, 0.2) is 35.3 Å². The van der Waals surface area contributed by atoms with Crippen LogP contribution in [-0.4, -0.2) is 11.0 Å². The van der Waals surface area contributed by atoms with Gasteiger partial charge in [0.15, 0.2) is 0 Å². The molecular weight excluding hydrogens is 316 g/mol. The standard InChI is InChI=1S/C17H19F2N3O2/c1-3-4-15(13-6-5-11(18)8-14(13)19)22-17(24)21-12-7-10(2)16(23)20-9-12/h5-9,15H,3-4H2,1-2H3,(H,20,23)(H2,21,22,24)/t15-/m0/s1. The van der Waals surface area contributed by atoms with Gasteiger partial charge in [0.2, 0.25) is 0 Å².